The second kappa shape index (κ2) is 6.68. The van der Waals surface area contributed by atoms with Gasteiger partial charge in [0.05, 0.1) is 0 Å². The van der Waals surface area contributed by atoms with E-state index in [-0.39, 0.29) is 24.9 Å². The van der Waals surface area contributed by atoms with Crippen molar-refractivity contribution in [3.63, 3.8) is 0 Å². The van der Waals surface area contributed by atoms with Crippen LogP contribution in [0.5, 0.6) is 0 Å². The second-order valence-corrected chi connectivity index (χ2v) is 2.66. The van der Waals surface area contributed by atoms with Crippen molar-refractivity contribution in [2.75, 3.05) is 19.0 Å². The number of halogens is 1. The molecule has 2 N–H and O–H groups in total. The van der Waals surface area contributed by atoms with Gasteiger partial charge in [-0.2, -0.15) is 0 Å². The molecule has 0 rings (SSSR count). The Morgan fingerprint density at radius 1 is 1.62 bits per heavy atom. The molecule has 76 valence electrons. The molecule has 0 radical (unpaired) electrons. The summed E-state index contributed by atoms with van der Waals surface area (Å²) in [7, 11) is 0. The van der Waals surface area contributed by atoms with Gasteiger partial charge in [0.1, 0.15) is 18.6 Å². The molecule has 1 amide bonds. The van der Waals surface area contributed by atoms with Crippen LogP contribution in [0, 0.1) is 0 Å². The van der Waals surface area contributed by atoms with E-state index >= 15 is 0 Å². The molecule has 0 aliphatic heterocycles. The minimum Gasteiger partial charge on any atom is -0.463 e. The van der Waals surface area contributed by atoms with Gasteiger partial charge in [-0.25, -0.2) is 0 Å². The van der Waals surface area contributed by atoms with E-state index in [1.165, 1.54) is 6.92 Å². The Labute approximate surface area is 81.0 Å². The van der Waals surface area contributed by atoms with Crippen molar-refractivity contribution in [1.82, 2.24) is 5.32 Å². The average Bonchev–Trinajstić information content (AvgIpc) is 2.10. The molecule has 0 aromatic rings. The molecule has 0 aromatic heterocycles. The number of aliphatic hydroxyl groups excluding tert-OH is 1. The molecule has 13 heavy (non-hydrogen) atoms. The molecular weight excluding hydrogens is 198 g/mol. The number of carbonyl (C=O) groups is 2. The molecule has 0 saturated heterocycles. The Bertz CT molecular complexity index is 185. The summed E-state index contributed by atoms with van der Waals surface area (Å²) < 4.78 is 4.50. The second-order valence-electron chi connectivity index (χ2n) is 2.39. The van der Waals surface area contributed by atoms with E-state index < -0.39 is 12.1 Å². The standard InChI is InChI=1S/C7H12ClNO4/c1-5(10)13-4-6(11)3-9-7(12)2-8/h6,11H,2-4H2,1H3,(H,9,12). The zero-order valence-electron chi connectivity index (χ0n) is 7.25. The van der Waals surface area contributed by atoms with Crippen LogP contribution in [0.4, 0.5) is 0 Å². The Morgan fingerprint density at radius 3 is 2.69 bits per heavy atom. The van der Waals surface area contributed by atoms with Crippen LogP contribution in [0.3, 0.4) is 0 Å². The number of hydrogen-bond acceptors (Lipinski definition) is 4. The fourth-order valence-corrected chi connectivity index (χ4v) is 0.646. The lowest BCUT2D eigenvalue weighted by Gasteiger charge is -2.10. The molecular formula is C7H12ClNO4. The number of ether oxygens (including phenoxy) is 1. The van der Waals surface area contributed by atoms with Gasteiger partial charge in [0.15, 0.2) is 0 Å². The van der Waals surface area contributed by atoms with Crippen molar-refractivity contribution in [3.05, 3.63) is 0 Å². The number of rotatable bonds is 5. The van der Waals surface area contributed by atoms with Gasteiger partial charge < -0.3 is 15.2 Å². The lowest BCUT2D eigenvalue weighted by Crippen LogP contribution is -2.35. The molecule has 0 fully saturated rings. The average molecular weight is 210 g/mol. The van der Waals surface area contributed by atoms with Crippen molar-refractivity contribution in [1.29, 1.82) is 0 Å². The molecule has 0 saturated carbocycles. The molecule has 1 atom stereocenters. The molecule has 0 aromatic carbocycles. The van der Waals surface area contributed by atoms with Crippen LogP contribution in [-0.4, -0.2) is 42.1 Å². The van der Waals surface area contributed by atoms with Crippen LogP contribution in [0.1, 0.15) is 6.92 Å². The smallest absolute Gasteiger partial charge is 0.302 e. The van der Waals surface area contributed by atoms with Gasteiger partial charge in [-0.1, -0.05) is 0 Å². The first-order chi connectivity index (χ1) is 6.06. The minimum atomic E-state index is -0.893. The van der Waals surface area contributed by atoms with Gasteiger partial charge in [0.2, 0.25) is 5.91 Å². The first-order valence-corrected chi connectivity index (χ1v) is 4.23. The number of aliphatic hydroxyl groups is 1. The number of amides is 1. The summed E-state index contributed by atoms with van der Waals surface area (Å²) in [6, 6.07) is 0. The summed E-state index contributed by atoms with van der Waals surface area (Å²) >= 11 is 5.18. The fraction of sp³-hybridized carbons (Fsp3) is 0.714. The molecule has 0 aliphatic rings. The summed E-state index contributed by atoms with van der Waals surface area (Å²) in [6.07, 6.45) is -0.893. The van der Waals surface area contributed by atoms with E-state index in [9.17, 15) is 9.59 Å². The lowest BCUT2D eigenvalue weighted by molar-refractivity contribution is -0.143. The van der Waals surface area contributed by atoms with Crippen LogP contribution in [-0.2, 0) is 14.3 Å². The van der Waals surface area contributed by atoms with E-state index in [1.54, 1.807) is 0 Å². The van der Waals surface area contributed by atoms with Crippen LogP contribution in [0.25, 0.3) is 0 Å². The van der Waals surface area contributed by atoms with E-state index in [0.29, 0.717) is 0 Å². The van der Waals surface area contributed by atoms with Crippen molar-refractivity contribution in [3.8, 4) is 0 Å². The van der Waals surface area contributed by atoms with Crippen molar-refractivity contribution in [2.45, 2.75) is 13.0 Å². The summed E-state index contributed by atoms with van der Waals surface area (Å²) in [5, 5.41) is 11.5. The predicted octanol–water partition coefficient (Wildman–Crippen LogP) is -0.735. The molecule has 0 spiro atoms. The van der Waals surface area contributed by atoms with Crippen molar-refractivity contribution < 1.29 is 19.4 Å². The summed E-state index contributed by atoms with van der Waals surface area (Å²) in [6.45, 7) is 1.14. The third kappa shape index (κ3) is 7.55. The Kier molecular flexibility index (Phi) is 6.26. The van der Waals surface area contributed by atoms with Crippen LogP contribution < -0.4 is 5.32 Å². The van der Waals surface area contributed by atoms with Crippen molar-refractivity contribution >= 4 is 23.5 Å². The minimum absolute atomic E-state index is 0.0266. The Balaban J connectivity index is 3.45. The monoisotopic (exact) mass is 209 g/mol. The highest BCUT2D eigenvalue weighted by atomic mass is 35.5. The summed E-state index contributed by atoms with van der Waals surface area (Å²) in [5.41, 5.74) is 0. The number of carbonyl (C=O) groups excluding carboxylic acids is 2. The van der Waals surface area contributed by atoms with Gasteiger partial charge in [-0.05, 0) is 0 Å². The van der Waals surface area contributed by atoms with Gasteiger partial charge in [0, 0.05) is 13.5 Å². The largest absolute Gasteiger partial charge is 0.463 e. The number of nitrogens with one attached hydrogen (secondary N) is 1. The van der Waals surface area contributed by atoms with Crippen LogP contribution in [0.2, 0.25) is 0 Å². The third-order valence-corrected chi connectivity index (χ3v) is 1.38. The maximum Gasteiger partial charge on any atom is 0.302 e. The number of alkyl halides is 1. The zero-order chi connectivity index (χ0) is 10.3. The molecule has 0 aliphatic carbocycles. The first-order valence-electron chi connectivity index (χ1n) is 3.70. The van der Waals surface area contributed by atoms with Crippen LogP contribution >= 0.6 is 11.6 Å². The maximum absolute atomic E-state index is 10.6. The number of esters is 1. The first kappa shape index (κ1) is 12.2. The van der Waals surface area contributed by atoms with E-state index in [1.807, 2.05) is 0 Å². The SMILES string of the molecule is CC(=O)OCC(O)CNC(=O)CCl. The number of hydrogen-bond donors (Lipinski definition) is 2. The molecule has 5 nitrogen and oxygen atoms in total. The van der Waals surface area contributed by atoms with E-state index in [0.717, 1.165) is 0 Å². The molecule has 6 heteroatoms. The normalized spacial score (nSPS) is 11.9. The van der Waals surface area contributed by atoms with E-state index in [4.69, 9.17) is 16.7 Å². The summed E-state index contributed by atoms with van der Waals surface area (Å²) in [4.78, 5) is 20.9. The molecule has 0 bridgehead atoms. The van der Waals surface area contributed by atoms with Gasteiger partial charge in [-0.15, -0.1) is 11.6 Å². The van der Waals surface area contributed by atoms with Crippen molar-refractivity contribution in [2.24, 2.45) is 0 Å². The quantitative estimate of drug-likeness (QED) is 0.462. The topological polar surface area (TPSA) is 75.6 Å². The maximum atomic E-state index is 10.6. The van der Waals surface area contributed by atoms with Crippen LogP contribution in [0.15, 0.2) is 0 Å². The van der Waals surface area contributed by atoms with Gasteiger partial charge >= 0.3 is 5.97 Å². The summed E-state index contributed by atoms with van der Waals surface area (Å²) in [5.74, 6) is -0.994. The third-order valence-electron chi connectivity index (χ3n) is 1.14. The van der Waals surface area contributed by atoms with E-state index in [2.05, 4.69) is 10.1 Å². The predicted molar refractivity (Wildman–Crippen MR) is 46.4 cm³/mol. The Morgan fingerprint density at radius 2 is 2.23 bits per heavy atom. The highest BCUT2D eigenvalue weighted by molar-refractivity contribution is 6.27. The highest BCUT2D eigenvalue weighted by Gasteiger charge is 2.07. The van der Waals surface area contributed by atoms with Gasteiger partial charge in [-0.3, -0.25) is 9.59 Å². The molecule has 1 unspecified atom stereocenters. The fourth-order valence-electron chi connectivity index (χ4n) is 0.551. The lowest BCUT2D eigenvalue weighted by atomic mass is 10.4. The van der Waals surface area contributed by atoms with Gasteiger partial charge in [0.25, 0.3) is 0 Å². The highest BCUT2D eigenvalue weighted by Crippen LogP contribution is 1.85. The molecule has 0 heterocycles. The Hall–Kier alpha value is -0.810. The zero-order valence-corrected chi connectivity index (χ0v) is 8.00.